The van der Waals surface area contributed by atoms with Gasteiger partial charge in [-0.2, -0.15) is 13.2 Å². The number of benzene rings is 1. The number of carbonyl (C=O) groups is 1. The predicted octanol–water partition coefficient (Wildman–Crippen LogP) is 8.34. The van der Waals surface area contributed by atoms with Gasteiger partial charge < -0.3 is 19.1 Å². The van der Waals surface area contributed by atoms with E-state index in [1.165, 1.54) is 13.0 Å². The molecule has 1 unspecified atom stereocenters. The number of nitrogens with zero attached hydrogens (tertiary/aromatic N) is 3. The van der Waals surface area contributed by atoms with Gasteiger partial charge in [0.2, 0.25) is 5.43 Å². The summed E-state index contributed by atoms with van der Waals surface area (Å²) in [5, 5.41) is 1.49. The standard InChI is InChI=1S/C35H49F5N4O4Si2/c1-12-27(35(38,39)40)41-32(46)22-18-44(29-23(36)14-13-15-24(29)37)31-21(30(22)45)16-17-28(42-31)43-19-25(47-49(8,9)33(2,3)4)26(20-43)48-50(10,11)34(5,6)7/h13-18,25-27H,12,19-20H2,1-11H3,(H,41,46)/t25-,26-,27?/m1/s1. The van der Waals surface area contributed by atoms with E-state index in [2.05, 4.69) is 67.7 Å². The first-order valence-electron chi connectivity index (χ1n) is 16.8. The largest absolute Gasteiger partial charge is 0.409 e. The predicted molar refractivity (Wildman–Crippen MR) is 191 cm³/mol. The first-order chi connectivity index (χ1) is 22.8. The van der Waals surface area contributed by atoms with Crippen molar-refractivity contribution in [3.8, 4) is 5.69 Å². The summed E-state index contributed by atoms with van der Waals surface area (Å²) in [6, 6.07) is 3.83. The molecule has 1 saturated heterocycles. The second kappa shape index (κ2) is 13.8. The molecule has 8 nitrogen and oxygen atoms in total. The Kier molecular flexibility index (Phi) is 10.9. The van der Waals surface area contributed by atoms with E-state index >= 15 is 8.78 Å². The van der Waals surface area contributed by atoms with Crippen molar-refractivity contribution in [1.29, 1.82) is 0 Å². The lowest BCUT2D eigenvalue weighted by atomic mass is 10.1. The van der Waals surface area contributed by atoms with Crippen LogP contribution in [0.5, 0.6) is 0 Å². The molecule has 276 valence electrons. The lowest BCUT2D eigenvalue weighted by molar-refractivity contribution is -0.153. The van der Waals surface area contributed by atoms with E-state index in [0.29, 0.717) is 18.9 Å². The number of rotatable bonds is 9. The van der Waals surface area contributed by atoms with Crippen molar-refractivity contribution in [2.24, 2.45) is 0 Å². The van der Waals surface area contributed by atoms with Crippen LogP contribution in [0.1, 0.15) is 65.2 Å². The Morgan fingerprint density at radius 3 is 1.86 bits per heavy atom. The molecule has 1 N–H and O–H groups in total. The summed E-state index contributed by atoms with van der Waals surface area (Å²) in [7, 11) is -4.55. The molecule has 2 aromatic heterocycles. The minimum absolute atomic E-state index is 0.0791. The molecule has 0 radical (unpaired) electrons. The number of pyridine rings is 2. The summed E-state index contributed by atoms with van der Waals surface area (Å²) in [5.74, 6) is -3.01. The molecule has 0 bridgehead atoms. The molecule has 3 heterocycles. The summed E-state index contributed by atoms with van der Waals surface area (Å²) in [5.41, 5.74) is -2.46. The maximum absolute atomic E-state index is 15.3. The van der Waals surface area contributed by atoms with Gasteiger partial charge in [-0.3, -0.25) is 14.2 Å². The van der Waals surface area contributed by atoms with Crippen molar-refractivity contribution in [3.63, 3.8) is 0 Å². The Morgan fingerprint density at radius 1 is 0.920 bits per heavy atom. The van der Waals surface area contributed by atoms with Crippen molar-refractivity contribution in [2.45, 2.75) is 116 Å². The number of alkyl halides is 3. The number of para-hydroxylation sites is 1. The molecular formula is C35H49F5N4O4Si2. The Labute approximate surface area is 292 Å². The van der Waals surface area contributed by atoms with Crippen LogP contribution < -0.4 is 15.6 Å². The lowest BCUT2D eigenvalue weighted by Gasteiger charge is -2.42. The zero-order valence-corrected chi connectivity index (χ0v) is 32.7. The van der Waals surface area contributed by atoms with E-state index in [4.69, 9.17) is 13.8 Å². The van der Waals surface area contributed by atoms with Gasteiger partial charge >= 0.3 is 6.18 Å². The van der Waals surface area contributed by atoms with Crippen LogP contribution in [0.25, 0.3) is 16.7 Å². The molecule has 4 rings (SSSR count). The van der Waals surface area contributed by atoms with Crippen molar-refractivity contribution < 1.29 is 35.6 Å². The van der Waals surface area contributed by atoms with Gasteiger partial charge in [-0.1, -0.05) is 54.5 Å². The van der Waals surface area contributed by atoms with Gasteiger partial charge in [0.25, 0.3) is 5.91 Å². The zero-order valence-electron chi connectivity index (χ0n) is 30.7. The number of halogens is 5. The number of fused-ring (bicyclic) bond motifs is 1. The number of anilines is 1. The summed E-state index contributed by atoms with van der Waals surface area (Å²) in [6.07, 6.45) is -5.06. The molecule has 1 aliphatic rings. The van der Waals surface area contributed by atoms with Crippen molar-refractivity contribution in [3.05, 3.63) is 63.9 Å². The third kappa shape index (κ3) is 8.00. The van der Waals surface area contributed by atoms with Gasteiger partial charge in [0.15, 0.2) is 22.3 Å². The van der Waals surface area contributed by atoms with Gasteiger partial charge in [0, 0.05) is 19.3 Å². The lowest BCUT2D eigenvalue weighted by Crippen LogP contribution is -2.51. The minimum Gasteiger partial charge on any atom is -0.409 e. The number of hydrogen-bond acceptors (Lipinski definition) is 6. The average molecular weight is 741 g/mol. The van der Waals surface area contributed by atoms with Crippen LogP contribution in [0.15, 0.2) is 41.3 Å². The summed E-state index contributed by atoms with van der Waals surface area (Å²) in [6.45, 7) is 23.6. The molecule has 15 heteroatoms. The Morgan fingerprint density at radius 2 is 1.42 bits per heavy atom. The maximum atomic E-state index is 15.3. The summed E-state index contributed by atoms with van der Waals surface area (Å²) in [4.78, 5) is 33.4. The first kappa shape index (κ1) is 39.6. The second-order valence-corrected chi connectivity index (χ2v) is 25.6. The van der Waals surface area contributed by atoms with Crippen LogP contribution in [-0.4, -0.2) is 69.6 Å². The van der Waals surface area contributed by atoms with Gasteiger partial charge in [0.05, 0.1) is 17.6 Å². The fourth-order valence-electron chi connectivity index (χ4n) is 5.34. The Hall–Kier alpha value is -3.15. The third-order valence-corrected chi connectivity index (χ3v) is 19.4. The smallest absolute Gasteiger partial charge is 0.408 e. The molecular weight excluding hydrogens is 692 g/mol. The van der Waals surface area contributed by atoms with Crippen LogP contribution in [0.4, 0.5) is 27.8 Å². The number of hydrogen-bond donors (Lipinski definition) is 1. The van der Waals surface area contributed by atoms with Crippen molar-refractivity contribution in [1.82, 2.24) is 14.9 Å². The minimum atomic E-state index is -4.78. The molecule has 1 amide bonds. The summed E-state index contributed by atoms with van der Waals surface area (Å²) < 4.78 is 85.9. The monoisotopic (exact) mass is 740 g/mol. The van der Waals surface area contributed by atoms with Crippen LogP contribution in [0, 0.1) is 11.6 Å². The Balaban J connectivity index is 1.86. The quantitative estimate of drug-likeness (QED) is 0.176. The van der Waals surface area contributed by atoms with E-state index in [1.807, 2.05) is 10.2 Å². The summed E-state index contributed by atoms with van der Waals surface area (Å²) >= 11 is 0. The molecule has 3 aromatic rings. The van der Waals surface area contributed by atoms with Crippen LogP contribution >= 0.6 is 0 Å². The number of amides is 1. The van der Waals surface area contributed by atoms with Crippen LogP contribution in [0.2, 0.25) is 36.3 Å². The topological polar surface area (TPSA) is 85.7 Å². The van der Waals surface area contributed by atoms with E-state index < -0.39 is 69.5 Å². The zero-order chi connectivity index (χ0) is 37.8. The van der Waals surface area contributed by atoms with E-state index in [9.17, 15) is 22.8 Å². The maximum Gasteiger partial charge on any atom is 0.408 e. The highest BCUT2D eigenvalue weighted by atomic mass is 28.4. The number of aromatic nitrogens is 2. The number of nitrogens with one attached hydrogen (secondary N) is 1. The molecule has 1 aromatic carbocycles. The van der Waals surface area contributed by atoms with E-state index in [-0.39, 0.29) is 33.3 Å². The second-order valence-electron chi connectivity index (χ2n) is 16.1. The van der Waals surface area contributed by atoms with Crippen molar-refractivity contribution in [2.75, 3.05) is 18.0 Å². The molecule has 3 atom stereocenters. The molecule has 0 aliphatic carbocycles. The van der Waals surface area contributed by atoms with Gasteiger partial charge in [-0.15, -0.1) is 0 Å². The van der Waals surface area contributed by atoms with Gasteiger partial charge in [-0.25, -0.2) is 13.8 Å². The van der Waals surface area contributed by atoms with Crippen LogP contribution in [0.3, 0.4) is 0 Å². The molecule has 1 aliphatic heterocycles. The van der Waals surface area contributed by atoms with E-state index in [1.54, 1.807) is 6.07 Å². The highest BCUT2D eigenvalue weighted by molar-refractivity contribution is 6.74. The third-order valence-electron chi connectivity index (χ3n) is 10.4. The SMILES string of the molecule is CCC(NC(=O)c1cn(-c2c(F)cccc2F)c2nc(N3C[C@@H](O[Si](C)(C)C(C)(C)C)[C@H](O[Si](C)(C)C(C)(C)C)C3)ccc2c1=O)C(F)(F)F. The fourth-order valence-corrected chi connectivity index (χ4v) is 8.01. The average Bonchev–Trinajstić information content (AvgIpc) is 3.35. The molecule has 50 heavy (non-hydrogen) atoms. The molecule has 0 saturated carbocycles. The highest BCUT2D eigenvalue weighted by Crippen LogP contribution is 2.42. The van der Waals surface area contributed by atoms with E-state index in [0.717, 1.165) is 29.0 Å². The molecule has 1 fully saturated rings. The first-order valence-corrected chi connectivity index (χ1v) is 22.6. The van der Waals surface area contributed by atoms with Gasteiger partial charge in [-0.05, 0) is 67.0 Å². The van der Waals surface area contributed by atoms with Crippen molar-refractivity contribution >= 4 is 39.4 Å². The normalized spacial score (nSPS) is 18.5. The molecule has 0 spiro atoms. The van der Waals surface area contributed by atoms with Crippen LogP contribution in [-0.2, 0) is 8.85 Å². The fraction of sp³-hybridized carbons (Fsp3) is 0.571. The highest BCUT2D eigenvalue weighted by Gasteiger charge is 2.48. The van der Waals surface area contributed by atoms with Gasteiger partial charge in [0.1, 0.15) is 34.7 Å². The Bertz CT molecular complexity index is 1740. The number of carbonyl (C=O) groups excluding carboxylic acids is 1.